The maximum atomic E-state index is 11.3. The Morgan fingerprint density at radius 1 is 1.47 bits per heavy atom. The molecular formula is C13H19NO3. The number of furan rings is 1. The van der Waals surface area contributed by atoms with E-state index in [9.17, 15) is 4.79 Å². The zero-order valence-corrected chi connectivity index (χ0v) is 10.4. The van der Waals surface area contributed by atoms with Crippen LogP contribution < -0.4 is 0 Å². The molecule has 0 aromatic carbocycles. The fourth-order valence-electron chi connectivity index (χ4n) is 1.40. The van der Waals surface area contributed by atoms with Crippen LogP contribution in [0.1, 0.15) is 19.6 Å². The van der Waals surface area contributed by atoms with Crippen molar-refractivity contribution in [2.24, 2.45) is 0 Å². The predicted molar refractivity (Wildman–Crippen MR) is 66.5 cm³/mol. The molecule has 1 aromatic rings. The first-order chi connectivity index (χ1) is 8.26. The van der Waals surface area contributed by atoms with E-state index >= 15 is 0 Å². The first kappa shape index (κ1) is 13.5. The van der Waals surface area contributed by atoms with Crippen molar-refractivity contribution in [3.05, 3.63) is 30.2 Å². The minimum absolute atomic E-state index is 0.339. The van der Waals surface area contributed by atoms with Gasteiger partial charge in [-0.05, 0) is 31.3 Å². The number of ether oxygens (including phenoxy) is 1. The van der Waals surface area contributed by atoms with Crippen molar-refractivity contribution < 1.29 is 13.9 Å². The summed E-state index contributed by atoms with van der Waals surface area (Å²) in [7, 11) is 0. The summed E-state index contributed by atoms with van der Waals surface area (Å²) < 4.78 is 10.1. The predicted octanol–water partition coefficient (Wildman–Crippen LogP) is 2.18. The highest BCUT2D eigenvalue weighted by molar-refractivity contribution is 5.86. The average Bonchev–Trinajstić information content (AvgIpc) is 2.85. The summed E-state index contributed by atoms with van der Waals surface area (Å²) in [5, 5.41) is 0. The van der Waals surface area contributed by atoms with Gasteiger partial charge in [0, 0.05) is 12.6 Å². The SMILES string of the molecule is CCN(CC)CCOC(=O)/C=C/c1ccco1. The standard InChI is InChI=1S/C13H19NO3/c1-3-14(4-2)9-11-17-13(15)8-7-12-6-5-10-16-12/h5-8,10H,3-4,9,11H2,1-2H3/b8-7+. The molecule has 0 aliphatic rings. The molecule has 0 spiro atoms. The third-order valence-corrected chi connectivity index (χ3v) is 2.47. The van der Waals surface area contributed by atoms with Gasteiger partial charge >= 0.3 is 5.97 Å². The second-order valence-electron chi connectivity index (χ2n) is 3.54. The van der Waals surface area contributed by atoms with Crippen LogP contribution in [-0.4, -0.2) is 37.1 Å². The van der Waals surface area contributed by atoms with E-state index < -0.39 is 0 Å². The van der Waals surface area contributed by atoms with Crippen molar-refractivity contribution in [1.29, 1.82) is 0 Å². The molecule has 0 amide bonds. The highest BCUT2D eigenvalue weighted by Gasteiger charge is 2.01. The van der Waals surface area contributed by atoms with Gasteiger partial charge in [0.1, 0.15) is 12.4 Å². The molecule has 4 heteroatoms. The van der Waals surface area contributed by atoms with E-state index in [4.69, 9.17) is 9.15 Å². The van der Waals surface area contributed by atoms with Crippen molar-refractivity contribution in [2.45, 2.75) is 13.8 Å². The maximum absolute atomic E-state index is 11.3. The highest BCUT2D eigenvalue weighted by Crippen LogP contribution is 2.02. The Morgan fingerprint density at radius 3 is 2.82 bits per heavy atom. The molecule has 17 heavy (non-hydrogen) atoms. The van der Waals surface area contributed by atoms with Crippen LogP contribution in [-0.2, 0) is 9.53 Å². The topological polar surface area (TPSA) is 42.7 Å². The fourth-order valence-corrected chi connectivity index (χ4v) is 1.40. The second kappa shape index (κ2) is 7.68. The van der Waals surface area contributed by atoms with Crippen LogP contribution in [0.25, 0.3) is 6.08 Å². The molecule has 0 radical (unpaired) electrons. The Bertz CT molecular complexity index is 340. The van der Waals surface area contributed by atoms with Gasteiger partial charge in [0.05, 0.1) is 6.26 Å². The Balaban J connectivity index is 2.21. The van der Waals surface area contributed by atoms with Crippen LogP contribution in [0.15, 0.2) is 28.9 Å². The molecule has 0 atom stereocenters. The van der Waals surface area contributed by atoms with Crippen LogP contribution in [0.4, 0.5) is 0 Å². The zero-order chi connectivity index (χ0) is 12.5. The van der Waals surface area contributed by atoms with Gasteiger partial charge in [-0.3, -0.25) is 0 Å². The van der Waals surface area contributed by atoms with Gasteiger partial charge in [-0.1, -0.05) is 13.8 Å². The molecular weight excluding hydrogens is 218 g/mol. The lowest BCUT2D eigenvalue weighted by Crippen LogP contribution is -2.27. The summed E-state index contributed by atoms with van der Waals surface area (Å²) in [6.45, 7) is 7.30. The second-order valence-corrected chi connectivity index (χ2v) is 3.54. The van der Waals surface area contributed by atoms with Crippen LogP contribution in [0.5, 0.6) is 0 Å². The minimum Gasteiger partial charge on any atom is -0.465 e. The van der Waals surface area contributed by atoms with Gasteiger partial charge in [0.2, 0.25) is 0 Å². The molecule has 94 valence electrons. The zero-order valence-electron chi connectivity index (χ0n) is 10.4. The minimum atomic E-state index is -0.339. The van der Waals surface area contributed by atoms with E-state index in [0.29, 0.717) is 12.4 Å². The maximum Gasteiger partial charge on any atom is 0.330 e. The van der Waals surface area contributed by atoms with Crippen molar-refractivity contribution in [3.63, 3.8) is 0 Å². The highest BCUT2D eigenvalue weighted by atomic mass is 16.5. The van der Waals surface area contributed by atoms with Crippen LogP contribution in [0.2, 0.25) is 0 Å². The molecule has 0 saturated carbocycles. The number of hydrogen-bond donors (Lipinski definition) is 0. The summed E-state index contributed by atoms with van der Waals surface area (Å²) in [6.07, 6.45) is 4.53. The third-order valence-electron chi connectivity index (χ3n) is 2.47. The van der Waals surface area contributed by atoms with Crippen molar-refractivity contribution in [3.8, 4) is 0 Å². The Morgan fingerprint density at radius 2 is 2.24 bits per heavy atom. The van der Waals surface area contributed by atoms with Gasteiger partial charge in [-0.15, -0.1) is 0 Å². The summed E-state index contributed by atoms with van der Waals surface area (Å²) in [5.74, 6) is 0.305. The molecule has 0 saturated heterocycles. The van der Waals surface area contributed by atoms with Gasteiger partial charge in [0.25, 0.3) is 0 Å². The number of carbonyl (C=O) groups excluding carboxylic acids is 1. The first-order valence-corrected chi connectivity index (χ1v) is 5.87. The molecule has 0 aliphatic heterocycles. The first-order valence-electron chi connectivity index (χ1n) is 5.87. The summed E-state index contributed by atoms with van der Waals surface area (Å²) >= 11 is 0. The van der Waals surface area contributed by atoms with Crippen LogP contribution in [0.3, 0.4) is 0 Å². The Hall–Kier alpha value is -1.55. The normalized spacial score (nSPS) is 11.2. The van der Waals surface area contributed by atoms with Crippen molar-refractivity contribution >= 4 is 12.0 Å². The van der Waals surface area contributed by atoms with E-state index in [2.05, 4.69) is 18.7 Å². The molecule has 1 rings (SSSR count). The molecule has 4 nitrogen and oxygen atoms in total. The number of likely N-dealkylation sites (N-methyl/N-ethyl adjacent to an activating group) is 1. The van der Waals surface area contributed by atoms with Gasteiger partial charge in [-0.2, -0.15) is 0 Å². The number of esters is 1. The number of nitrogens with zero attached hydrogens (tertiary/aromatic N) is 1. The Labute approximate surface area is 102 Å². The molecule has 0 fully saturated rings. The summed E-state index contributed by atoms with van der Waals surface area (Å²) in [6, 6.07) is 3.55. The van der Waals surface area contributed by atoms with E-state index in [-0.39, 0.29) is 5.97 Å². The van der Waals surface area contributed by atoms with E-state index in [0.717, 1.165) is 19.6 Å². The molecule has 1 aromatic heterocycles. The number of carbonyl (C=O) groups is 1. The van der Waals surface area contributed by atoms with Crippen molar-refractivity contribution in [2.75, 3.05) is 26.2 Å². The smallest absolute Gasteiger partial charge is 0.330 e. The molecule has 0 unspecified atom stereocenters. The third kappa shape index (κ3) is 5.36. The fraction of sp³-hybridized carbons (Fsp3) is 0.462. The van der Waals surface area contributed by atoms with Crippen LogP contribution >= 0.6 is 0 Å². The van der Waals surface area contributed by atoms with Gasteiger partial charge < -0.3 is 14.1 Å². The van der Waals surface area contributed by atoms with Crippen molar-refractivity contribution in [1.82, 2.24) is 4.90 Å². The quantitative estimate of drug-likeness (QED) is 0.538. The number of rotatable bonds is 7. The van der Waals surface area contributed by atoms with E-state index in [1.54, 1.807) is 24.5 Å². The lowest BCUT2D eigenvalue weighted by atomic mass is 10.4. The molecule has 1 heterocycles. The van der Waals surface area contributed by atoms with Crippen LogP contribution in [0, 0.1) is 0 Å². The summed E-state index contributed by atoms with van der Waals surface area (Å²) in [4.78, 5) is 13.5. The van der Waals surface area contributed by atoms with Gasteiger partial charge in [-0.25, -0.2) is 4.79 Å². The van der Waals surface area contributed by atoms with Gasteiger partial charge in [0.15, 0.2) is 0 Å². The molecule has 0 N–H and O–H groups in total. The average molecular weight is 237 g/mol. The largest absolute Gasteiger partial charge is 0.465 e. The molecule has 0 bridgehead atoms. The Kier molecular flexibility index (Phi) is 6.10. The van der Waals surface area contributed by atoms with E-state index in [1.165, 1.54) is 6.08 Å². The number of hydrogen-bond acceptors (Lipinski definition) is 4. The monoisotopic (exact) mass is 237 g/mol. The van der Waals surface area contributed by atoms with E-state index in [1.807, 2.05) is 0 Å². The lowest BCUT2D eigenvalue weighted by molar-refractivity contribution is -0.138. The molecule has 0 aliphatic carbocycles. The summed E-state index contributed by atoms with van der Waals surface area (Å²) in [5.41, 5.74) is 0. The lowest BCUT2D eigenvalue weighted by Gasteiger charge is -2.16.